The predicted molar refractivity (Wildman–Crippen MR) is 130 cm³/mol. The number of nitro groups is 1. The number of nitrogens with zero attached hydrogens (tertiary/aromatic N) is 2. The molecule has 0 saturated heterocycles. The van der Waals surface area contributed by atoms with E-state index in [1.807, 2.05) is 41.2 Å². The second-order valence-electron chi connectivity index (χ2n) is 7.56. The number of halogens is 1. The number of allylic oxidation sites excluding steroid dienone is 1. The summed E-state index contributed by atoms with van der Waals surface area (Å²) in [6, 6.07) is 19.4. The molecule has 0 saturated carbocycles. The van der Waals surface area contributed by atoms with E-state index in [4.69, 9.17) is 9.47 Å². The Balaban J connectivity index is 1.49. The molecule has 35 heavy (non-hydrogen) atoms. The number of rotatable bonds is 9. The number of carbonyl (C=O) groups is 1. The number of benzene rings is 3. The second-order valence-corrected chi connectivity index (χ2v) is 7.56. The third-order valence-electron chi connectivity index (χ3n) is 5.29. The molecule has 0 bridgehead atoms. The van der Waals surface area contributed by atoms with Gasteiger partial charge in [-0.3, -0.25) is 14.9 Å². The van der Waals surface area contributed by atoms with E-state index in [0.717, 1.165) is 23.9 Å². The van der Waals surface area contributed by atoms with Gasteiger partial charge in [0.15, 0.2) is 11.5 Å². The first-order valence-corrected chi connectivity index (χ1v) is 10.6. The van der Waals surface area contributed by atoms with Crippen LogP contribution >= 0.6 is 0 Å². The third kappa shape index (κ3) is 5.62. The largest absolute Gasteiger partial charge is 0.496 e. The Morgan fingerprint density at radius 3 is 2.46 bits per heavy atom. The molecular weight excluding hydrogens is 451 g/mol. The number of hydrogen-bond acceptors (Lipinski definition) is 5. The lowest BCUT2D eigenvalue weighted by molar-refractivity contribution is -0.386. The lowest BCUT2D eigenvalue weighted by atomic mass is 10.1. The Labute approximate surface area is 200 Å². The summed E-state index contributed by atoms with van der Waals surface area (Å²) in [6.07, 6.45) is 6.98. The van der Waals surface area contributed by atoms with Crippen LogP contribution in [0.5, 0.6) is 11.5 Å². The van der Waals surface area contributed by atoms with Crippen LogP contribution in [0.15, 0.2) is 91.3 Å². The zero-order valence-corrected chi connectivity index (χ0v) is 18.8. The summed E-state index contributed by atoms with van der Waals surface area (Å²) in [7, 11) is 1.49. The van der Waals surface area contributed by atoms with Gasteiger partial charge in [0.25, 0.3) is 0 Å². The zero-order chi connectivity index (χ0) is 24.8. The van der Waals surface area contributed by atoms with Crippen LogP contribution in [0.4, 0.5) is 10.1 Å². The highest BCUT2D eigenvalue weighted by Crippen LogP contribution is 2.30. The van der Waals surface area contributed by atoms with Crippen molar-refractivity contribution < 1.29 is 23.6 Å². The molecule has 0 fully saturated rings. The van der Waals surface area contributed by atoms with Crippen molar-refractivity contribution in [2.24, 2.45) is 0 Å². The highest BCUT2D eigenvalue weighted by molar-refractivity contribution is 6.06. The molecule has 4 rings (SSSR count). The maximum absolute atomic E-state index is 13.6. The molecule has 7 nitrogen and oxygen atoms in total. The van der Waals surface area contributed by atoms with Crippen molar-refractivity contribution >= 4 is 17.5 Å². The number of nitro benzene ring substituents is 1. The highest BCUT2D eigenvalue weighted by Gasteiger charge is 2.17. The molecule has 3 aromatic carbocycles. The van der Waals surface area contributed by atoms with Crippen molar-refractivity contribution in [3.05, 3.63) is 124 Å². The normalized spacial score (nSPS) is 10.9. The van der Waals surface area contributed by atoms with Gasteiger partial charge in [-0.2, -0.15) is 0 Å². The van der Waals surface area contributed by atoms with Gasteiger partial charge in [0, 0.05) is 41.3 Å². The van der Waals surface area contributed by atoms with Gasteiger partial charge in [0.1, 0.15) is 18.2 Å². The standard InChI is InChI=1S/C27H21FN2O5/c1-34-26-13-5-19(16-21(26)18-35-27-17-22(28)8-11-24(27)30(32)33)4-12-25(31)20-6-9-23(10-7-20)29-14-2-3-15-29/h2-17H,18H2,1H3/b12-4+. The minimum absolute atomic E-state index is 0.0933. The molecule has 0 atom stereocenters. The number of aromatic nitrogens is 1. The van der Waals surface area contributed by atoms with E-state index in [2.05, 4.69) is 0 Å². The number of carbonyl (C=O) groups excluding carboxylic acids is 1. The summed E-state index contributed by atoms with van der Waals surface area (Å²) >= 11 is 0. The van der Waals surface area contributed by atoms with Crippen molar-refractivity contribution in [3.63, 3.8) is 0 Å². The quantitative estimate of drug-likeness (QED) is 0.129. The Morgan fingerprint density at radius 2 is 1.77 bits per heavy atom. The summed E-state index contributed by atoms with van der Waals surface area (Å²) < 4.78 is 26.4. The second kappa shape index (κ2) is 10.5. The first-order chi connectivity index (χ1) is 16.9. The van der Waals surface area contributed by atoms with Crippen LogP contribution in [0, 0.1) is 15.9 Å². The van der Waals surface area contributed by atoms with Crippen LogP contribution in [0.2, 0.25) is 0 Å². The molecule has 0 amide bonds. The van der Waals surface area contributed by atoms with E-state index in [1.165, 1.54) is 13.2 Å². The van der Waals surface area contributed by atoms with E-state index < -0.39 is 10.7 Å². The van der Waals surface area contributed by atoms with Gasteiger partial charge in [-0.15, -0.1) is 0 Å². The summed E-state index contributed by atoms with van der Waals surface area (Å²) in [4.78, 5) is 23.2. The molecule has 0 N–H and O–H groups in total. The first-order valence-electron chi connectivity index (χ1n) is 10.6. The van der Waals surface area contributed by atoms with Gasteiger partial charge in [-0.1, -0.05) is 12.1 Å². The van der Waals surface area contributed by atoms with Crippen molar-refractivity contribution in [3.8, 4) is 17.2 Å². The van der Waals surface area contributed by atoms with Crippen LogP contribution in [0.3, 0.4) is 0 Å². The zero-order valence-electron chi connectivity index (χ0n) is 18.8. The lowest BCUT2D eigenvalue weighted by Gasteiger charge is -2.11. The van der Waals surface area contributed by atoms with Crippen molar-refractivity contribution in [1.82, 2.24) is 4.57 Å². The molecule has 176 valence electrons. The molecule has 0 radical (unpaired) electrons. The predicted octanol–water partition coefficient (Wildman–Crippen LogP) is 6.01. The van der Waals surface area contributed by atoms with E-state index in [1.54, 1.807) is 36.4 Å². The number of ketones is 1. The number of methoxy groups -OCH3 is 1. The van der Waals surface area contributed by atoms with Crippen LogP contribution in [-0.2, 0) is 6.61 Å². The van der Waals surface area contributed by atoms with E-state index >= 15 is 0 Å². The monoisotopic (exact) mass is 472 g/mol. The Hall–Kier alpha value is -4.72. The molecule has 4 aromatic rings. The molecule has 0 aliphatic carbocycles. The molecule has 0 aliphatic heterocycles. The Kier molecular flexibility index (Phi) is 7.02. The van der Waals surface area contributed by atoms with Crippen LogP contribution in [0.25, 0.3) is 11.8 Å². The molecule has 0 spiro atoms. The number of ether oxygens (including phenoxy) is 2. The Morgan fingerprint density at radius 1 is 1.03 bits per heavy atom. The average molecular weight is 472 g/mol. The van der Waals surface area contributed by atoms with Crippen LogP contribution in [0.1, 0.15) is 21.5 Å². The van der Waals surface area contributed by atoms with Gasteiger partial charge >= 0.3 is 5.69 Å². The summed E-state index contributed by atoms with van der Waals surface area (Å²) in [5, 5.41) is 11.2. The van der Waals surface area contributed by atoms with Gasteiger partial charge < -0.3 is 14.0 Å². The first kappa shape index (κ1) is 23.4. The van der Waals surface area contributed by atoms with Gasteiger partial charge in [-0.05, 0) is 66.2 Å². The van der Waals surface area contributed by atoms with Crippen molar-refractivity contribution in [2.45, 2.75) is 6.61 Å². The summed E-state index contributed by atoms with van der Waals surface area (Å²) in [5.74, 6) is -0.494. The minimum Gasteiger partial charge on any atom is -0.496 e. The summed E-state index contributed by atoms with van der Waals surface area (Å²) in [5.41, 5.74) is 2.45. The Bertz CT molecular complexity index is 1380. The van der Waals surface area contributed by atoms with Crippen LogP contribution in [-0.4, -0.2) is 22.4 Å². The lowest BCUT2D eigenvalue weighted by Crippen LogP contribution is -2.02. The van der Waals surface area contributed by atoms with Gasteiger partial charge in [0.2, 0.25) is 0 Å². The third-order valence-corrected chi connectivity index (χ3v) is 5.29. The average Bonchev–Trinajstić information content (AvgIpc) is 3.41. The number of hydrogen-bond donors (Lipinski definition) is 0. The topological polar surface area (TPSA) is 83.6 Å². The molecule has 0 unspecified atom stereocenters. The molecule has 8 heteroatoms. The molecule has 0 aliphatic rings. The van der Waals surface area contributed by atoms with Crippen molar-refractivity contribution in [1.29, 1.82) is 0 Å². The maximum atomic E-state index is 13.6. The highest BCUT2D eigenvalue weighted by atomic mass is 19.1. The fraction of sp³-hybridized carbons (Fsp3) is 0.0741. The fourth-order valence-corrected chi connectivity index (χ4v) is 3.50. The maximum Gasteiger partial charge on any atom is 0.311 e. The van der Waals surface area contributed by atoms with E-state index in [9.17, 15) is 19.3 Å². The molecular formula is C27H21FN2O5. The smallest absolute Gasteiger partial charge is 0.311 e. The van der Waals surface area contributed by atoms with Gasteiger partial charge in [-0.25, -0.2) is 4.39 Å². The fourth-order valence-electron chi connectivity index (χ4n) is 3.50. The van der Waals surface area contributed by atoms with Crippen molar-refractivity contribution in [2.75, 3.05) is 7.11 Å². The molecule has 1 heterocycles. The minimum atomic E-state index is -0.644. The van der Waals surface area contributed by atoms with E-state index in [-0.39, 0.29) is 23.8 Å². The van der Waals surface area contributed by atoms with Crippen LogP contribution < -0.4 is 9.47 Å². The SMILES string of the molecule is COc1ccc(/C=C/C(=O)c2ccc(-n3cccc3)cc2)cc1COc1cc(F)ccc1[N+](=O)[O-]. The van der Waals surface area contributed by atoms with Gasteiger partial charge in [0.05, 0.1) is 12.0 Å². The summed E-state index contributed by atoms with van der Waals surface area (Å²) in [6.45, 7) is -0.0933. The molecule has 1 aromatic heterocycles. The van der Waals surface area contributed by atoms with E-state index in [0.29, 0.717) is 22.4 Å².